The fraction of sp³-hybridized carbons (Fsp3) is 0.583. The van der Waals surface area contributed by atoms with Gasteiger partial charge in [0.25, 0.3) is 5.91 Å². The number of hydrogen-bond donors (Lipinski definition) is 1. The Labute approximate surface area is 192 Å². The van der Waals surface area contributed by atoms with Gasteiger partial charge in [0.05, 0.1) is 31.7 Å². The van der Waals surface area contributed by atoms with Gasteiger partial charge in [0.1, 0.15) is 17.5 Å². The number of ether oxygens (including phenoxy) is 3. The first-order valence-corrected chi connectivity index (χ1v) is 11.3. The maximum Gasteiger partial charge on any atom is 0.330 e. The average molecular weight is 459 g/mol. The summed E-state index contributed by atoms with van der Waals surface area (Å²) < 4.78 is 15.7. The highest BCUT2D eigenvalue weighted by molar-refractivity contribution is 6.08. The predicted octanol–water partition coefficient (Wildman–Crippen LogP) is 2.24. The Bertz CT molecular complexity index is 948. The maximum absolute atomic E-state index is 13.1. The topological polar surface area (TPSA) is 111 Å². The van der Waals surface area contributed by atoms with Crippen LogP contribution < -0.4 is 14.8 Å². The summed E-state index contributed by atoms with van der Waals surface area (Å²) in [6.07, 6.45) is 2.85. The van der Waals surface area contributed by atoms with Crippen LogP contribution in [-0.4, -0.2) is 55.5 Å². The molecule has 1 heterocycles. The molecule has 1 aromatic carbocycles. The van der Waals surface area contributed by atoms with Gasteiger partial charge in [0, 0.05) is 6.07 Å². The molecule has 1 N–H and O–H groups in total. The van der Waals surface area contributed by atoms with E-state index in [-0.39, 0.29) is 41.4 Å². The van der Waals surface area contributed by atoms with Crippen molar-refractivity contribution >= 4 is 29.4 Å². The van der Waals surface area contributed by atoms with Crippen molar-refractivity contribution in [3.8, 4) is 11.5 Å². The van der Waals surface area contributed by atoms with E-state index in [9.17, 15) is 19.2 Å². The Balaban J connectivity index is 1.42. The monoisotopic (exact) mass is 458 g/mol. The number of esters is 1. The van der Waals surface area contributed by atoms with E-state index in [1.54, 1.807) is 32.0 Å². The van der Waals surface area contributed by atoms with Crippen LogP contribution >= 0.6 is 0 Å². The lowest BCUT2D eigenvalue weighted by Gasteiger charge is -2.28. The van der Waals surface area contributed by atoms with Crippen LogP contribution in [0.2, 0.25) is 0 Å². The highest BCUT2D eigenvalue weighted by Gasteiger charge is 2.62. The second kappa shape index (κ2) is 9.03. The molecular formula is C24H30N2O7. The molecule has 2 saturated carbocycles. The number of likely N-dealkylation sites (tertiary alicyclic amines) is 1. The van der Waals surface area contributed by atoms with Gasteiger partial charge < -0.3 is 19.5 Å². The Hall–Kier alpha value is -3.10. The van der Waals surface area contributed by atoms with Gasteiger partial charge in [-0.1, -0.05) is 13.8 Å². The molecule has 0 aromatic heterocycles. The molecule has 0 spiro atoms. The quantitative estimate of drug-likeness (QED) is 0.470. The third-order valence-electron chi connectivity index (χ3n) is 7.14. The maximum atomic E-state index is 13.1. The van der Waals surface area contributed by atoms with Crippen molar-refractivity contribution in [2.24, 2.45) is 29.6 Å². The van der Waals surface area contributed by atoms with Crippen LogP contribution in [0, 0.1) is 29.6 Å². The summed E-state index contributed by atoms with van der Waals surface area (Å²) in [6.45, 7) is 2.96. The number of imide groups is 1. The first kappa shape index (κ1) is 23.1. The minimum atomic E-state index is -1.05. The lowest BCUT2D eigenvalue weighted by molar-refractivity contribution is -0.162. The molecule has 178 valence electrons. The molecule has 3 amide bonds. The molecule has 3 fully saturated rings. The Morgan fingerprint density at radius 2 is 1.70 bits per heavy atom. The Morgan fingerprint density at radius 1 is 1.06 bits per heavy atom. The molecule has 33 heavy (non-hydrogen) atoms. The summed E-state index contributed by atoms with van der Waals surface area (Å²) in [4.78, 5) is 52.8. The summed E-state index contributed by atoms with van der Waals surface area (Å²) in [7, 11) is 2.97. The Kier molecular flexibility index (Phi) is 6.32. The van der Waals surface area contributed by atoms with Gasteiger partial charge in [-0.15, -0.1) is 0 Å². The van der Waals surface area contributed by atoms with E-state index in [0.29, 0.717) is 17.2 Å². The van der Waals surface area contributed by atoms with Crippen molar-refractivity contribution in [1.82, 2.24) is 4.90 Å². The number of rotatable bonds is 8. The highest BCUT2D eigenvalue weighted by atomic mass is 16.5. The van der Waals surface area contributed by atoms with Crippen molar-refractivity contribution in [1.29, 1.82) is 0 Å². The number of hydrogen-bond acceptors (Lipinski definition) is 7. The van der Waals surface area contributed by atoms with E-state index in [0.717, 1.165) is 24.2 Å². The van der Waals surface area contributed by atoms with Crippen molar-refractivity contribution in [3.63, 3.8) is 0 Å². The van der Waals surface area contributed by atoms with E-state index in [1.165, 1.54) is 14.2 Å². The van der Waals surface area contributed by atoms with Crippen LogP contribution in [-0.2, 0) is 23.9 Å². The van der Waals surface area contributed by atoms with Gasteiger partial charge in [-0.05, 0) is 49.1 Å². The van der Waals surface area contributed by atoms with Crippen LogP contribution in [0.4, 0.5) is 5.69 Å². The minimum absolute atomic E-state index is 0.230. The first-order chi connectivity index (χ1) is 15.8. The van der Waals surface area contributed by atoms with Crippen LogP contribution in [0.15, 0.2) is 18.2 Å². The number of nitrogens with zero attached hydrogens (tertiary/aromatic N) is 1. The van der Waals surface area contributed by atoms with Crippen molar-refractivity contribution in [2.75, 3.05) is 26.1 Å². The van der Waals surface area contributed by atoms with Gasteiger partial charge in [0.2, 0.25) is 11.8 Å². The number of benzene rings is 1. The second-order valence-corrected chi connectivity index (χ2v) is 9.34. The molecule has 2 aliphatic carbocycles. The zero-order valence-corrected chi connectivity index (χ0v) is 19.3. The molecule has 9 nitrogen and oxygen atoms in total. The molecule has 2 bridgehead atoms. The fourth-order valence-electron chi connectivity index (χ4n) is 5.70. The normalized spacial score (nSPS) is 26.4. The smallest absolute Gasteiger partial charge is 0.330 e. The number of fused-ring (bicyclic) bond motifs is 5. The minimum Gasteiger partial charge on any atom is -0.497 e. The van der Waals surface area contributed by atoms with E-state index < -0.39 is 24.5 Å². The van der Waals surface area contributed by atoms with Crippen LogP contribution in [0.5, 0.6) is 11.5 Å². The number of carbonyl (C=O) groups excluding carboxylic acids is 4. The molecule has 3 aliphatic rings. The standard InChI is InChI=1S/C24H30N2O7/c1-12(2)21(26-22(28)19-13-5-6-14(9-13)20(19)23(26)29)24(30)33-11-18(27)25-16-10-15(31-3)7-8-17(16)32-4/h7-8,10,12-14,19-21H,5-6,9,11H2,1-4H3,(H,25,27)/t13-,14-,19-,20-,21-/m0/s1. The van der Waals surface area contributed by atoms with Crippen LogP contribution in [0.3, 0.4) is 0 Å². The van der Waals surface area contributed by atoms with Crippen LogP contribution in [0.1, 0.15) is 33.1 Å². The van der Waals surface area contributed by atoms with Gasteiger partial charge >= 0.3 is 5.97 Å². The summed E-state index contributed by atoms with van der Waals surface area (Å²) in [5, 5.41) is 2.63. The van der Waals surface area contributed by atoms with Crippen LogP contribution in [0.25, 0.3) is 0 Å². The van der Waals surface area contributed by atoms with E-state index in [1.807, 2.05) is 0 Å². The molecule has 0 unspecified atom stereocenters. The summed E-state index contributed by atoms with van der Waals surface area (Å²) in [5.74, 6) is -1.43. The number of carbonyl (C=O) groups is 4. The third-order valence-corrected chi connectivity index (χ3v) is 7.14. The van der Waals surface area contributed by atoms with Crippen molar-refractivity contribution in [3.05, 3.63) is 18.2 Å². The van der Waals surface area contributed by atoms with E-state index in [2.05, 4.69) is 5.32 Å². The zero-order valence-electron chi connectivity index (χ0n) is 19.3. The molecule has 5 atom stereocenters. The SMILES string of the molecule is COc1ccc(OC)c(NC(=O)COC(=O)[C@H](C(C)C)N2C(=O)[C@H]3[C@H]4CC[C@@H](C4)[C@@H]3C2=O)c1. The molecule has 1 aliphatic heterocycles. The first-order valence-electron chi connectivity index (χ1n) is 11.3. The number of methoxy groups -OCH3 is 2. The van der Waals surface area contributed by atoms with Gasteiger partial charge in [-0.3, -0.25) is 19.3 Å². The molecular weight excluding hydrogens is 428 g/mol. The summed E-state index contributed by atoms with van der Waals surface area (Å²) >= 11 is 0. The zero-order chi connectivity index (χ0) is 23.9. The summed E-state index contributed by atoms with van der Waals surface area (Å²) in [5.41, 5.74) is 0.367. The van der Waals surface area contributed by atoms with Gasteiger partial charge in [-0.25, -0.2) is 4.79 Å². The molecule has 4 rings (SSSR count). The van der Waals surface area contributed by atoms with E-state index in [4.69, 9.17) is 14.2 Å². The molecule has 1 saturated heterocycles. The number of anilines is 1. The number of nitrogens with one attached hydrogen (secondary N) is 1. The molecule has 9 heteroatoms. The van der Waals surface area contributed by atoms with Gasteiger partial charge in [-0.2, -0.15) is 0 Å². The Morgan fingerprint density at radius 3 is 2.24 bits per heavy atom. The summed E-state index contributed by atoms with van der Waals surface area (Å²) in [6, 6.07) is 3.87. The molecule has 0 radical (unpaired) electrons. The lowest BCUT2D eigenvalue weighted by Crippen LogP contribution is -2.50. The largest absolute Gasteiger partial charge is 0.497 e. The van der Waals surface area contributed by atoms with E-state index >= 15 is 0 Å². The highest BCUT2D eigenvalue weighted by Crippen LogP contribution is 2.56. The predicted molar refractivity (Wildman–Crippen MR) is 117 cm³/mol. The number of amides is 3. The van der Waals surface area contributed by atoms with Gasteiger partial charge in [0.15, 0.2) is 6.61 Å². The fourth-order valence-corrected chi connectivity index (χ4v) is 5.70. The molecule has 1 aromatic rings. The third kappa shape index (κ3) is 4.05. The van der Waals surface area contributed by atoms with Crippen molar-refractivity contribution in [2.45, 2.75) is 39.2 Å². The lowest BCUT2D eigenvalue weighted by atomic mass is 9.81. The second-order valence-electron chi connectivity index (χ2n) is 9.34. The average Bonchev–Trinajstić information content (AvgIpc) is 3.47. The van der Waals surface area contributed by atoms with Crippen molar-refractivity contribution < 1.29 is 33.4 Å².